The van der Waals surface area contributed by atoms with E-state index in [4.69, 9.17) is 0 Å². The monoisotopic (exact) mass is 282 g/mol. The Labute approximate surface area is 115 Å². The summed E-state index contributed by atoms with van der Waals surface area (Å²) in [5.74, 6) is 0.809. The molecule has 1 aromatic rings. The van der Waals surface area contributed by atoms with Crippen LogP contribution >= 0.6 is 0 Å². The molecule has 4 nitrogen and oxygen atoms in total. The second kappa shape index (κ2) is 6.39. The van der Waals surface area contributed by atoms with Gasteiger partial charge in [-0.25, -0.2) is 8.42 Å². The fraction of sp³-hybridized carbons (Fsp3) is 0.571. The average molecular weight is 282 g/mol. The Balaban J connectivity index is 1.80. The Bertz CT molecular complexity index is 491. The molecule has 0 aromatic heterocycles. The Morgan fingerprint density at radius 2 is 1.84 bits per heavy atom. The van der Waals surface area contributed by atoms with Gasteiger partial charge in [0.15, 0.2) is 9.84 Å². The molecule has 0 radical (unpaired) electrons. The molecule has 106 valence electrons. The topological polar surface area (TPSA) is 58.2 Å². The fourth-order valence-electron chi connectivity index (χ4n) is 2.41. The van der Waals surface area contributed by atoms with Gasteiger partial charge in [-0.05, 0) is 62.5 Å². The van der Waals surface area contributed by atoms with Gasteiger partial charge in [0.1, 0.15) is 0 Å². The van der Waals surface area contributed by atoms with Crippen molar-refractivity contribution in [2.75, 3.05) is 31.2 Å². The molecule has 2 rings (SSSR count). The van der Waals surface area contributed by atoms with Gasteiger partial charge in [-0.2, -0.15) is 0 Å². The third-order valence-electron chi connectivity index (χ3n) is 3.62. The van der Waals surface area contributed by atoms with Gasteiger partial charge in [0.25, 0.3) is 0 Å². The van der Waals surface area contributed by atoms with Crippen molar-refractivity contribution in [3.63, 3.8) is 0 Å². The summed E-state index contributed by atoms with van der Waals surface area (Å²) in [6.45, 7) is 3.21. The van der Waals surface area contributed by atoms with Crippen LogP contribution < -0.4 is 10.6 Å². The summed E-state index contributed by atoms with van der Waals surface area (Å²) in [5, 5.41) is 6.72. The molecule has 5 heteroatoms. The molecule has 1 aromatic carbocycles. The maximum absolute atomic E-state index is 11.3. The van der Waals surface area contributed by atoms with Gasteiger partial charge in [0.2, 0.25) is 0 Å². The van der Waals surface area contributed by atoms with Crippen LogP contribution in [0, 0.1) is 5.92 Å². The van der Waals surface area contributed by atoms with Crippen molar-refractivity contribution in [1.82, 2.24) is 5.32 Å². The van der Waals surface area contributed by atoms with Crippen molar-refractivity contribution in [2.24, 2.45) is 5.92 Å². The second-order valence-corrected chi connectivity index (χ2v) is 7.22. The highest BCUT2D eigenvalue weighted by Crippen LogP contribution is 2.17. The first-order valence-electron chi connectivity index (χ1n) is 6.80. The van der Waals surface area contributed by atoms with Crippen molar-refractivity contribution < 1.29 is 8.42 Å². The Morgan fingerprint density at radius 1 is 1.21 bits per heavy atom. The maximum atomic E-state index is 11.3. The Hall–Kier alpha value is -1.07. The first kappa shape index (κ1) is 14.3. The molecule has 0 spiro atoms. The van der Waals surface area contributed by atoms with Gasteiger partial charge in [-0.1, -0.05) is 0 Å². The van der Waals surface area contributed by atoms with E-state index in [1.807, 2.05) is 12.1 Å². The number of benzene rings is 1. The molecule has 2 N–H and O–H groups in total. The largest absolute Gasteiger partial charge is 0.385 e. The zero-order chi connectivity index (χ0) is 13.7. The molecule has 1 aliphatic heterocycles. The smallest absolute Gasteiger partial charge is 0.175 e. The van der Waals surface area contributed by atoms with E-state index < -0.39 is 9.84 Å². The third kappa shape index (κ3) is 4.51. The van der Waals surface area contributed by atoms with Crippen molar-refractivity contribution in [3.05, 3.63) is 24.3 Å². The lowest BCUT2D eigenvalue weighted by molar-refractivity contribution is 0.361. The van der Waals surface area contributed by atoms with Crippen LogP contribution in [0.5, 0.6) is 0 Å². The zero-order valence-electron chi connectivity index (χ0n) is 11.4. The fourth-order valence-corrected chi connectivity index (χ4v) is 3.04. The van der Waals surface area contributed by atoms with Crippen LogP contribution in [0.3, 0.4) is 0 Å². The molecule has 19 heavy (non-hydrogen) atoms. The van der Waals surface area contributed by atoms with Gasteiger partial charge >= 0.3 is 0 Å². The molecule has 0 aliphatic carbocycles. The van der Waals surface area contributed by atoms with E-state index in [1.165, 1.54) is 25.5 Å². The van der Waals surface area contributed by atoms with E-state index in [0.717, 1.165) is 31.2 Å². The highest BCUT2D eigenvalue weighted by atomic mass is 32.2. The summed E-state index contributed by atoms with van der Waals surface area (Å²) in [4.78, 5) is 0.372. The molecule has 1 aliphatic rings. The highest BCUT2D eigenvalue weighted by Gasteiger charge is 2.12. The van der Waals surface area contributed by atoms with E-state index in [1.54, 1.807) is 12.1 Å². The van der Waals surface area contributed by atoms with E-state index >= 15 is 0 Å². The van der Waals surface area contributed by atoms with Gasteiger partial charge in [-0.15, -0.1) is 0 Å². The predicted molar refractivity (Wildman–Crippen MR) is 78.3 cm³/mol. The first-order valence-corrected chi connectivity index (χ1v) is 8.69. The van der Waals surface area contributed by atoms with Crippen LogP contribution in [0.25, 0.3) is 0 Å². The van der Waals surface area contributed by atoms with Crippen LogP contribution in [0.2, 0.25) is 0 Å². The molecule has 0 saturated carbocycles. The highest BCUT2D eigenvalue weighted by molar-refractivity contribution is 7.90. The van der Waals surface area contributed by atoms with Crippen LogP contribution in [0.4, 0.5) is 5.69 Å². The van der Waals surface area contributed by atoms with Crippen LogP contribution in [0.15, 0.2) is 29.2 Å². The molecule has 0 amide bonds. The van der Waals surface area contributed by atoms with Crippen molar-refractivity contribution in [3.8, 4) is 0 Å². The van der Waals surface area contributed by atoms with E-state index in [-0.39, 0.29) is 0 Å². The lowest BCUT2D eigenvalue weighted by Crippen LogP contribution is -2.28. The van der Waals surface area contributed by atoms with Gasteiger partial charge < -0.3 is 10.6 Å². The minimum atomic E-state index is -3.09. The van der Waals surface area contributed by atoms with E-state index in [0.29, 0.717) is 4.90 Å². The number of rotatable bonds is 5. The Morgan fingerprint density at radius 3 is 2.42 bits per heavy atom. The van der Waals surface area contributed by atoms with Crippen LogP contribution in [-0.2, 0) is 9.84 Å². The minimum Gasteiger partial charge on any atom is -0.385 e. The number of hydrogen-bond donors (Lipinski definition) is 2. The van der Waals surface area contributed by atoms with Gasteiger partial charge in [0.05, 0.1) is 4.90 Å². The molecular weight excluding hydrogens is 260 g/mol. The number of anilines is 1. The second-order valence-electron chi connectivity index (χ2n) is 5.21. The summed E-state index contributed by atoms with van der Waals surface area (Å²) in [6, 6.07) is 6.97. The van der Waals surface area contributed by atoms with E-state index in [2.05, 4.69) is 10.6 Å². The number of sulfone groups is 1. The quantitative estimate of drug-likeness (QED) is 0.866. The molecule has 0 unspecified atom stereocenters. The summed E-state index contributed by atoms with van der Waals surface area (Å²) < 4.78 is 22.7. The lowest BCUT2D eigenvalue weighted by Gasteiger charge is -2.22. The van der Waals surface area contributed by atoms with Crippen molar-refractivity contribution >= 4 is 15.5 Å². The van der Waals surface area contributed by atoms with E-state index in [9.17, 15) is 8.42 Å². The molecule has 0 bridgehead atoms. The number of hydrogen-bond acceptors (Lipinski definition) is 4. The Kier molecular flexibility index (Phi) is 4.82. The average Bonchev–Trinajstić information content (AvgIpc) is 2.39. The van der Waals surface area contributed by atoms with Crippen LogP contribution in [-0.4, -0.2) is 34.3 Å². The van der Waals surface area contributed by atoms with Gasteiger partial charge in [0, 0.05) is 18.5 Å². The third-order valence-corrected chi connectivity index (χ3v) is 4.75. The number of piperidine rings is 1. The maximum Gasteiger partial charge on any atom is 0.175 e. The summed E-state index contributed by atoms with van der Waals surface area (Å²) in [7, 11) is -3.09. The SMILES string of the molecule is CS(=O)(=O)c1ccc(NCCC2CCNCC2)cc1. The standard InChI is InChI=1S/C14H22N2O2S/c1-19(17,18)14-4-2-13(3-5-14)16-11-8-12-6-9-15-10-7-12/h2-5,12,15-16H,6-11H2,1H3. The minimum absolute atomic E-state index is 0.372. The summed E-state index contributed by atoms with van der Waals surface area (Å²) in [5.41, 5.74) is 0.987. The lowest BCUT2D eigenvalue weighted by atomic mass is 9.95. The van der Waals surface area contributed by atoms with Crippen molar-refractivity contribution in [1.29, 1.82) is 0 Å². The summed E-state index contributed by atoms with van der Waals surface area (Å²) in [6.07, 6.45) is 4.92. The van der Waals surface area contributed by atoms with Crippen LogP contribution in [0.1, 0.15) is 19.3 Å². The zero-order valence-corrected chi connectivity index (χ0v) is 12.2. The molecule has 1 heterocycles. The number of nitrogens with one attached hydrogen (secondary N) is 2. The normalized spacial score (nSPS) is 17.3. The predicted octanol–water partition coefficient (Wildman–Crippen LogP) is 1.89. The summed E-state index contributed by atoms with van der Waals surface area (Å²) >= 11 is 0. The van der Waals surface area contributed by atoms with Gasteiger partial charge in [-0.3, -0.25) is 0 Å². The van der Waals surface area contributed by atoms with Crippen molar-refractivity contribution in [2.45, 2.75) is 24.2 Å². The molecule has 1 fully saturated rings. The molecule has 1 saturated heterocycles. The molecule has 0 atom stereocenters. The molecular formula is C14H22N2O2S. The first-order chi connectivity index (χ1) is 9.05.